The van der Waals surface area contributed by atoms with Crippen LogP contribution in [0.2, 0.25) is 5.02 Å². The molecule has 1 heterocycles. The molecule has 15 heavy (non-hydrogen) atoms. The van der Waals surface area contributed by atoms with Gasteiger partial charge >= 0.3 is 10.1 Å². The van der Waals surface area contributed by atoms with Crippen LogP contribution in [0.15, 0.2) is 27.7 Å². The predicted molar refractivity (Wildman–Crippen MR) is 55.8 cm³/mol. The normalized spacial score (nSPS) is 12.2. The topological polar surface area (TPSA) is 67.5 Å². The molecule has 1 aromatic heterocycles. The van der Waals surface area contributed by atoms with Crippen LogP contribution >= 0.6 is 11.6 Å². The summed E-state index contributed by atoms with van der Waals surface area (Å²) in [6, 6.07) is 4.73. The van der Waals surface area contributed by atoms with Crippen molar-refractivity contribution < 1.29 is 17.4 Å². The third-order valence-corrected chi connectivity index (χ3v) is 3.18. The van der Waals surface area contributed by atoms with Gasteiger partial charge in [0.05, 0.1) is 0 Å². The van der Waals surface area contributed by atoms with Crippen molar-refractivity contribution >= 4 is 32.7 Å². The van der Waals surface area contributed by atoms with Crippen molar-refractivity contribution in [1.29, 1.82) is 0 Å². The summed E-state index contributed by atoms with van der Waals surface area (Å²) in [6.45, 7) is 1.55. The first-order valence-corrected chi connectivity index (χ1v) is 5.87. The highest BCUT2D eigenvalue weighted by atomic mass is 35.5. The minimum Gasteiger partial charge on any atom is -0.442 e. The third kappa shape index (κ3) is 1.73. The van der Waals surface area contributed by atoms with E-state index < -0.39 is 15.2 Å². The average Bonchev–Trinajstić information content (AvgIpc) is 2.43. The molecule has 0 atom stereocenters. The molecule has 0 aliphatic heterocycles. The van der Waals surface area contributed by atoms with E-state index in [0.29, 0.717) is 21.6 Å². The molecule has 0 saturated carbocycles. The summed E-state index contributed by atoms with van der Waals surface area (Å²) in [7, 11) is -4.32. The zero-order valence-electron chi connectivity index (χ0n) is 7.69. The summed E-state index contributed by atoms with van der Waals surface area (Å²) in [5.41, 5.74) is 0.736. The predicted octanol–water partition coefficient (Wildman–Crippen LogP) is 2.64. The smallest absolute Gasteiger partial charge is 0.328 e. The lowest BCUT2D eigenvalue weighted by molar-refractivity contribution is 0.421. The molecule has 0 aliphatic carbocycles. The molecule has 0 bridgehead atoms. The molecule has 2 rings (SSSR count). The molecule has 0 radical (unpaired) electrons. The molecule has 0 amide bonds. The van der Waals surface area contributed by atoms with Crippen LogP contribution in [0.3, 0.4) is 0 Å². The van der Waals surface area contributed by atoms with Crippen LogP contribution in [-0.4, -0.2) is 13.0 Å². The first kappa shape index (κ1) is 10.5. The van der Waals surface area contributed by atoms with E-state index in [9.17, 15) is 8.42 Å². The molecule has 80 valence electrons. The van der Waals surface area contributed by atoms with Crippen molar-refractivity contribution in [2.24, 2.45) is 0 Å². The second-order valence-electron chi connectivity index (χ2n) is 3.13. The lowest BCUT2D eigenvalue weighted by Crippen LogP contribution is -1.97. The maximum Gasteiger partial charge on any atom is 0.328 e. The second-order valence-corrected chi connectivity index (χ2v) is 4.89. The van der Waals surface area contributed by atoms with Crippen molar-refractivity contribution in [2.75, 3.05) is 0 Å². The lowest BCUT2D eigenvalue weighted by atomic mass is 10.2. The number of rotatable bonds is 1. The summed E-state index contributed by atoms with van der Waals surface area (Å²) >= 11 is 5.76. The van der Waals surface area contributed by atoms with Gasteiger partial charge in [-0.3, -0.25) is 4.55 Å². The van der Waals surface area contributed by atoms with Gasteiger partial charge in [-0.1, -0.05) is 11.6 Å². The summed E-state index contributed by atoms with van der Waals surface area (Å²) in [5.74, 6) is 0. The van der Waals surface area contributed by atoms with Crippen molar-refractivity contribution in [3.05, 3.63) is 28.8 Å². The van der Waals surface area contributed by atoms with E-state index in [0.717, 1.165) is 0 Å². The number of benzene rings is 1. The van der Waals surface area contributed by atoms with E-state index in [-0.39, 0.29) is 0 Å². The van der Waals surface area contributed by atoms with Crippen LogP contribution in [0.25, 0.3) is 11.0 Å². The van der Waals surface area contributed by atoms with Gasteiger partial charge in [-0.05, 0) is 25.1 Å². The minimum atomic E-state index is -4.32. The zero-order valence-corrected chi connectivity index (χ0v) is 9.26. The average molecular weight is 247 g/mol. The van der Waals surface area contributed by atoms with Gasteiger partial charge in [-0.15, -0.1) is 0 Å². The lowest BCUT2D eigenvalue weighted by Gasteiger charge is -1.91. The Hall–Kier alpha value is -1.04. The standard InChI is InChI=1S/C9H7ClO4S/c1-5-7-4-6(10)2-3-8(7)14-9(5)15(11,12)13/h2-4H,1H3,(H,11,12,13). The van der Waals surface area contributed by atoms with Gasteiger partial charge < -0.3 is 4.42 Å². The Kier molecular flexibility index (Phi) is 2.26. The van der Waals surface area contributed by atoms with Crippen molar-refractivity contribution in [1.82, 2.24) is 0 Å². The fraction of sp³-hybridized carbons (Fsp3) is 0.111. The Balaban J connectivity index is 2.87. The molecule has 4 nitrogen and oxygen atoms in total. The largest absolute Gasteiger partial charge is 0.442 e. The van der Waals surface area contributed by atoms with E-state index in [1.165, 1.54) is 0 Å². The van der Waals surface area contributed by atoms with Gasteiger partial charge in [-0.25, -0.2) is 0 Å². The Morgan fingerprint density at radius 1 is 1.40 bits per heavy atom. The van der Waals surface area contributed by atoms with E-state index in [4.69, 9.17) is 20.6 Å². The molecular weight excluding hydrogens is 240 g/mol. The van der Waals surface area contributed by atoms with E-state index in [1.807, 2.05) is 0 Å². The highest BCUT2D eigenvalue weighted by Gasteiger charge is 2.21. The maximum absolute atomic E-state index is 10.9. The summed E-state index contributed by atoms with van der Waals surface area (Å²) in [5, 5.41) is 0.628. The molecule has 2 aromatic rings. The van der Waals surface area contributed by atoms with Crippen LogP contribution < -0.4 is 0 Å². The number of hydrogen-bond acceptors (Lipinski definition) is 3. The number of fused-ring (bicyclic) bond motifs is 1. The van der Waals surface area contributed by atoms with Gasteiger partial charge in [0.1, 0.15) is 5.58 Å². The number of furan rings is 1. The first-order valence-electron chi connectivity index (χ1n) is 4.06. The van der Waals surface area contributed by atoms with Gasteiger partial charge in [0.25, 0.3) is 0 Å². The molecule has 1 N–H and O–H groups in total. The van der Waals surface area contributed by atoms with Gasteiger partial charge in [-0.2, -0.15) is 8.42 Å². The summed E-state index contributed by atoms with van der Waals surface area (Å²) < 4.78 is 35.8. The molecule has 0 saturated heterocycles. The third-order valence-electron chi connectivity index (χ3n) is 2.09. The summed E-state index contributed by atoms with van der Waals surface area (Å²) in [4.78, 5) is 0. The van der Waals surface area contributed by atoms with Crippen molar-refractivity contribution in [3.8, 4) is 0 Å². The number of hydrogen-bond donors (Lipinski definition) is 1. The Morgan fingerprint density at radius 2 is 2.07 bits per heavy atom. The molecule has 6 heteroatoms. The molecular formula is C9H7ClO4S. The first-order chi connectivity index (χ1) is 6.89. The zero-order chi connectivity index (χ0) is 11.2. The molecule has 0 spiro atoms. The van der Waals surface area contributed by atoms with Gasteiger partial charge in [0.2, 0.25) is 5.09 Å². The second kappa shape index (κ2) is 3.23. The molecule has 0 aliphatic rings. The van der Waals surface area contributed by atoms with Crippen LogP contribution in [0.1, 0.15) is 5.56 Å². The van der Waals surface area contributed by atoms with E-state index >= 15 is 0 Å². The van der Waals surface area contributed by atoms with Crippen molar-refractivity contribution in [2.45, 2.75) is 12.0 Å². The minimum absolute atomic E-state index is 0.356. The maximum atomic E-state index is 10.9. The van der Waals surface area contributed by atoms with Crippen LogP contribution in [0.5, 0.6) is 0 Å². The highest BCUT2D eigenvalue weighted by molar-refractivity contribution is 7.85. The molecule has 0 unspecified atom stereocenters. The molecule has 0 fully saturated rings. The van der Waals surface area contributed by atoms with Gasteiger partial charge in [0, 0.05) is 16.0 Å². The van der Waals surface area contributed by atoms with Crippen LogP contribution in [0, 0.1) is 6.92 Å². The summed E-state index contributed by atoms with van der Waals surface area (Å²) in [6.07, 6.45) is 0. The monoisotopic (exact) mass is 246 g/mol. The SMILES string of the molecule is Cc1c(S(=O)(=O)O)oc2ccc(Cl)cc12. The number of aryl methyl sites for hydroxylation is 1. The Morgan fingerprint density at radius 3 is 2.67 bits per heavy atom. The highest BCUT2D eigenvalue weighted by Crippen LogP contribution is 2.30. The molecule has 1 aromatic carbocycles. The number of halogens is 1. The fourth-order valence-electron chi connectivity index (χ4n) is 1.42. The van der Waals surface area contributed by atoms with Gasteiger partial charge in [0.15, 0.2) is 0 Å². The van der Waals surface area contributed by atoms with Crippen LogP contribution in [-0.2, 0) is 10.1 Å². The van der Waals surface area contributed by atoms with E-state index in [1.54, 1.807) is 25.1 Å². The fourth-order valence-corrected chi connectivity index (χ4v) is 2.28. The van der Waals surface area contributed by atoms with Crippen LogP contribution in [0.4, 0.5) is 0 Å². The van der Waals surface area contributed by atoms with E-state index in [2.05, 4.69) is 0 Å². The van der Waals surface area contributed by atoms with Crippen molar-refractivity contribution in [3.63, 3.8) is 0 Å². The Bertz CT molecular complexity index is 627. The quantitative estimate of drug-likeness (QED) is 0.786. The Labute approximate surface area is 91.2 Å².